The standard InChI is InChI=1S/C51H97NO5/c1-5-9-13-15-21-29-38-48(36-27-11-7-3)46-50(54)56-44-33-25-19-17-23-31-40-52(42-35-43-53)41-32-24-18-20-26-34-45-57-51(55)47-49(37-28-12-8-4)39-30-22-16-14-10-6-2/h46-47,53H,5-45H2,1-4H3/b48-46+,49-47?. The Hall–Kier alpha value is -1.66. The van der Waals surface area contributed by atoms with Crippen LogP contribution in [0, 0.1) is 0 Å². The second-order valence-corrected chi connectivity index (χ2v) is 17.1. The Morgan fingerprint density at radius 3 is 1.04 bits per heavy atom. The second kappa shape index (κ2) is 45.4. The Morgan fingerprint density at radius 1 is 0.386 bits per heavy atom. The maximum atomic E-state index is 12.5. The minimum Gasteiger partial charge on any atom is -0.463 e. The van der Waals surface area contributed by atoms with Crippen molar-refractivity contribution >= 4 is 11.9 Å². The Morgan fingerprint density at radius 2 is 0.667 bits per heavy atom. The minimum absolute atomic E-state index is 0.137. The zero-order chi connectivity index (χ0) is 41.7. The molecule has 6 nitrogen and oxygen atoms in total. The van der Waals surface area contributed by atoms with Gasteiger partial charge < -0.3 is 19.5 Å². The number of rotatable bonds is 45. The molecule has 0 saturated carbocycles. The molecule has 0 spiro atoms. The first-order chi connectivity index (χ1) is 28.0. The van der Waals surface area contributed by atoms with Crippen molar-refractivity contribution in [1.82, 2.24) is 4.90 Å². The number of aliphatic hydroxyl groups is 1. The Labute approximate surface area is 355 Å². The maximum absolute atomic E-state index is 12.5. The van der Waals surface area contributed by atoms with Gasteiger partial charge in [0.25, 0.3) is 0 Å². The summed E-state index contributed by atoms with van der Waals surface area (Å²) in [6.45, 7) is 13.5. The topological polar surface area (TPSA) is 76.1 Å². The van der Waals surface area contributed by atoms with Crippen molar-refractivity contribution < 1.29 is 24.2 Å². The smallest absolute Gasteiger partial charge is 0.330 e. The van der Waals surface area contributed by atoms with Gasteiger partial charge in [0.05, 0.1) is 13.2 Å². The van der Waals surface area contributed by atoms with E-state index in [-0.39, 0.29) is 18.5 Å². The van der Waals surface area contributed by atoms with Crippen molar-refractivity contribution in [3.63, 3.8) is 0 Å². The van der Waals surface area contributed by atoms with E-state index >= 15 is 0 Å². The number of nitrogens with zero attached hydrogens (tertiary/aromatic N) is 1. The first kappa shape index (κ1) is 55.3. The van der Waals surface area contributed by atoms with Gasteiger partial charge >= 0.3 is 11.9 Å². The molecule has 0 aliphatic carbocycles. The number of carbonyl (C=O) groups is 2. The van der Waals surface area contributed by atoms with Gasteiger partial charge in [0.15, 0.2) is 0 Å². The molecule has 1 N–H and O–H groups in total. The molecule has 0 aliphatic heterocycles. The summed E-state index contributed by atoms with van der Waals surface area (Å²) in [4.78, 5) is 27.6. The quantitative estimate of drug-likeness (QED) is 0.0375. The third-order valence-corrected chi connectivity index (χ3v) is 11.4. The normalized spacial score (nSPS) is 12.2. The number of ether oxygens (including phenoxy) is 2. The first-order valence-electron chi connectivity index (χ1n) is 25.1. The molecule has 0 aromatic heterocycles. The second-order valence-electron chi connectivity index (χ2n) is 17.1. The molecule has 336 valence electrons. The zero-order valence-electron chi connectivity index (χ0n) is 38.7. The monoisotopic (exact) mass is 804 g/mol. The van der Waals surface area contributed by atoms with Gasteiger partial charge in [0, 0.05) is 25.3 Å². The van der Waals surface area contributed by atoms with Crippen molar-refractivity contribution in [3.8, 4) is 0 Å². The van der Waals surface area contributed by atoms with E-state index in [4.69, 9.17) is 9.47 Å². The van der Waals surface area contributed by atoms with E-state index in [0.717, 1.165) is 77.4 Å². The summed E-state index contributed by atoms with van der Waals surface area (Å²) in [5.41, 5.74) is 2.58. The highest BCUT2D eigenvalue weighted by molar-refractivity contribution is 5.83. The van der Waals surface area contributed by atoms with Crippen LogP contribution in [0.3, 0.4) is 0 Å². The van der Waals surface area contributed by atoms with E-state index < -0.39 is 0 Å². The van der Waals surface area contributed by atoms with Crippen LogP contribution in [0.4, 0.5) is 0 Å². The zero-order valence-corrected chi connectivity index (χ0v) is 38.7. The van der Waals surface area contributed by atoms with E-state index in [0.29, 0.717) is 13.2 Å². The summed E-state index contributed by atoms with van der Waals surface area (Å²) in [6.07, 6.45) is 45.1. The Kier molecular flexibility index (Phi) is 44.1. The van der Waals surface area contributed by atoms with Crippen LogP contribution in [-0.2, 0) is 19.1 Å². The highest BCUT2D eigenvalue weighted by atomic mass is 16.5. The largest absolute Gasteiger partial charge is 0.463 e. The van der Waals surface area contributed by atoms with Gasteiger partial charge in [0.1, 0.15) is 0 Å². The van der Waals surface area contributed by atoms with Crippen molar-refractivity contribution in [2.45, 2.75) is 252 Å². The number of unbranched alkanes of at least 4 members (excludes halogenated alkanes) is 24. The van der Waals surface area contributed by atoms with Gasteiger partial charge in [0.2, 0.25) is 0 Å². The lowest BCUT2D eigenvalue weighted by atomic mass is 10.00. The molecule has 0 amide bonds. The molecule has 0 rings (SSSR count). The summed E-state index contributed by atoms with van der Waals surface area (Å²) in [6, 6.07) is 0. The summed E-state index contributed by atoms with van der Waals surface area (Å²) < 4.78 is 11.2. The van der Waals surface area contributed by atoms with Crippen LogP contribution in [0.25, 0.3) is 0 Å². The van der Waals surface area contributed by atoms with Gasteiger partial charge in [-0.3, -0.25) is 0 Å². The molecule has 57 heavy (non-hydrogen) atoms. The molecule has 0 heterocycles. The molecule has 0 unspecified atom stereocenters. The van der Waals surface area contributed by atoms with E-state index in [9.17, 15) is 14.7 Å². The number of hydrogen-bond donors (Lipinski definition) is 1. The Balaban J connectivity index is 4.12. The van der Waals surface area contributed by atoms with Crippen molar-refractivity contribution in [1.29, 1.82) is 0 Å². The van der Waals surface area contributed by atoms with Gasteiger partial charge in [-0.15, -0.1) is 0 Å². The van der Waals surface area contributed by atoms with Crippen molar-refractivity contribution in [2.24, 2.45) is 0 Å². The van der Waals surface area contributed by atoms with Crippen LogP contribution in [-0.4, -0.2) is 61.4 Å². The fraction of sp³-hybridized carbons (Fsp3) is 0.882. The van der Waals surface area contributed by atoms with Crippen LogP contribution in [0.2, 0.25) is 0 Å². The molecule has 0 atom stereocenters. The van der Waals surface area contributed by atoms with E-state index in [1.807, 2.05) is 12.2 Å². The fourth-order valence-corrected chi connectivity index (χ4v) is 7.69. The van der Waals surface area contributed by atoms with Crippen LogP contribution >= 0.6 is 0 Å². The van der Waals surface area contributed by atoms with Crippen LogP contribution in [0.1, 0.15) is 252 Å². The number of carbonyl (C=O) groups excluding carboxylic acids is 2. The van der Waals surface area contributed by atoms with Gasteiger partial charge in [-0.1, -0.05) is 180 Å². The summed E-state index contributed by atoms with van der Waals surface area (Å²) in [7, 11) is 0. The molecule has 0 bridgehead atoms. The van der Waals surface area contributed by atoms with Gasteiger partial charge in [-0.25, -0.2) is 9.59 Å². The average Bonchev–Trinajstić information content (AvgIpc) is 3.20. The van der Waals surface area contributed by atoms with Crippen LogP contribution in [0.5, 0.6) is 0 Å². The number of aliphatic hydroxyl groups excluding tert-OH is 1. The minimum atomic E-state index is -0.137. The van der Waals surface area contributed by atoms with E-state index in [2.05, 4.69) is 32.6 Å². The molecule has 0 aromatic rings. The molecule has 0 saturated heterocycles. The molecule has 6 heteroatoms. The highest BCUT2D eigenvalue weighted by Gasteiger charge is 2.08. The first-order valence-corrected chi connectivity index (χ1v) is 25.1. The molecule has 0 radical (unpaired) electrons. The molecular formula is C51H97NO5. The average molecular weight is 804 g/mol. The van der Waals surface area contributed by atoms with E-state index in [1.54, 1.807) is 0 Å². The fourth-order valence-electron chi connectivity index (χ4n) is 7.69. The summed E-state index contributed by atoms with van der Waals surface area (Å²) in [5, 5.41) is 9.42. The van der Waals surface area contributed by atoms with Gasteiger partial charge in [-0.2, -0.15) is 0 Å². The predicted octanol–water partition coefficient (Wildman–Crippen LogP) is 15.0. The van der Waals surface area contributed by atoms with Gasteiger partial charge in [-0.05, 0) is 96.6 Å². The van der Waals surface area contributed by atoms with Crippen molar-refractivity contribution in [2.75, 3.05) is 39.5 Å². The van der Waals surface area contributed by atoms with Crippen LogP contribution in [0.15, 0.2) is 23.3 Å². The number of hydrogen-bond acceptors (Lipinski definition) is 6. The highest BCUT2D eigenvalue weighted by Crippen LogP contribution is 2.20. The van der Waals surface area contributed by atoms with E-state index in [1.165, 1.54) is 178 Å². The lowest BCUT2D eigenvalue weighted by Crippen LogP contribution is -2.27. The number of esters is 2. The molecule has 0 aliphatic rings. The SMILES string of the molecule is CCCCCCCCC(=CC(=O)OCCCCCCCCN(CCCO)CCCCCCCCOC(=O)/C=C(\CCCCC)CCCCCCCC)CCCCC. The third-order valence-electron chi connectivity index (χ3n) is 11.4. The number of allylic oxidation sites excluding steroid dienone is 2. The molecular weight excluding hydrogens is 707 g/mol. The van der Waals surface area contributed by atoms with Crippen molar-refractivity contribution in [3.05, 3.63) is 23.3 Å². The lowest BCUT2D eigenvalue weighted by Gasteiger charge is -2.22. The van der Waals surface area contributed by atoms with Crippen LogP contribution < -0.4 is 0 Å². The molecule has 0 fully saturated rings. The Bertz CT molecular complexity index is 861. The predicted molar refractivity (Wildman–Crippen MR) is 246 cm³/mol. The maximum Gasteiger partial charge on any atom is 0.330 e. The summed E-state index contributed by atoms with van der Waals surface area (Å²) >= 11 is 0. The molecule has 0 aromatic carbocycles. The summed E-state index contributed by atoms with van der Waals surface area (Å²) in [5.74, 6) is -0.275. The third kappa shape index (κ3) is 40.9. The lowest BCUT2D eigenvalue weighted by molar-refractivity contribution is -0.138.